The van der Waals surface area contributed by atoms with Crippen LogP contribution in [0.4, 0.5) is 0 Å². The molecule has 0 aliphatic rings. The van der Waals surface area contributed by atoms with Crippen LogP contribution in [0.3, 0.4) is 0 Å². The zero-order valence-corrected chi connectivity index (χ0v) is 5.02. The van der Waals surface area contributed by atoms with E-state index in [0.29, 0.717) is 6.54 Å². The van der Waals surface area contributed by atoms with Gasteiger partial charge in [0.25, 0.3) is 0 Å². The summed E-state index contributed by atoms with van der Waals surface area (Å²) in [6, 6.07) is 0. The topological polar surface area (TPSA) is 50.4 Å². The van der Waals surface area contributed by atoms with Crippen LogP contribution in [0.1, 0.15) is 0 Å². The van der Waals surface area contributed by atoms with Crippen molar-refractivity contribution < 1.29 is 0 Å². The summed E-state index contributed by atoms with van der Waals surface area (Å²) in [6.07, 6.45) is 1.60. The molecule has 0 aromatic carbocycles. The third kappa shape index (κ3) is 2.36. The fourth-order valence-corrected chi connectivity index (χ4v) is 0.330. The molecule has 0 saturated heterocycles. The zero-order valence-electron chi connectivity index (χ0n) is 5.02. The van der Waals surface area contributed by atoms with Gasteiger partial charge in [0, 0.05) is 25.5 Å². The maximum Gasteiger partial charge on any atom is 0.0463 e. The van der Waals surface area contributed by atoms with Gasteiger partial charge in [-0.15, -0.1) is 0 Å². The van der Waals surface area contributed by atoms with Crippen molar-refractivity contribution in [3.8, 4) is 0 Å². The van der Waals surface area contributed by atoms with Gasteiger partial charge in [0.15, 0.2) is 0 Å². The molecular formula is C5H11N3. The molecule has 0 atom stereocenters. The van der Waals surface area contributed by atoms with Crippen LogP contribution in [0.2, 0.25) is 0 Å². The molecule has 0 heterocycles. The van der Waals surface area contributed by atoms with Crippen molar-refractivity contribution in [2.45, 2.75) is 0 Å². The molecule has 0 unspecified atom stereocenters. The summed E-state index contributed by atoms with van der Waals surface area (Å²) in [4.78, 5) is 3.52. The van der Waals surface area contributed by atoms with E-state index < -0.39 is 0 Å². The van der Waals surface area contributed by atoms with Crippen molar-refractivity contribution in [2.75, 3.05) is 13.6 Å². The highest BCUT2D eigenvalue weighted by atomic mass is 14.9. The second-order valence-corrected chi connectivity index (χ2v) is 1.29. The first-order valence-corrected chi connectivity index (χ1v) is 2.37. The first-order valence-electron chi connectivity index (χ1n) is 2.37. The molecule has 46 valence electrons. The second kappa shape index (κ2) is 4.33. The normalized spacial score (nSPS) is 11.0. The summed E-state index contributed by atoms with van der Waals surface area (Å²) < 4.78 is 0. The lowest BCUT2D eigenvalue weighted by molar-refractivity contribution is 0.919. The predicted octanol–water partition coefficient (Wildman–Crippen LogP) is -0.294. The van der Waals surface area contributed by atoms with Crippen LogP contribution < -0.4 is 11.1 Å². The van der Waals surface area contributed by atoms with Crippen molar-refractivity contribution in [1.82, 2.24) is 5.32 Å². The second-order valence-electron chi connectivity index (χ2n) is 1.29. The highest BCUT2D eigenvalue weighted by Gasteiger charge is 1.82. The maximum absolute atomic E-state index is 5.25. The molecule has 0 rings (SSSR count). The highest BCUT2D eigenvalue weighted by Crippen LogP contribution is 1.80. The summed E-state index contributed by atoms with van der Waals surface area (Å²) in [6.45, 7) is 3.76. The fraction of sp³-hybridized carbons (Fsp3) is 0.400. The number of rotatable bonds is 3. The molecule has 3 nitrogen and oxygen atoms in total. The van der Waals surface area contributed by atoms with Crippen LogP contribution in [0.5, 0.6) is 0 Å². The number of nitrogens with two attached hydrogens (primary N) is 1. The standard InChI is InChI=1S/C5H11N3/c1-7-4-5(3-6)8-2/h4,8H,1,3,6H2,2H3/b5-4-. The molecule has 0 spiro atoms. The summed E-state index contributed by atoms with van der Waals surface area (Å²) >= 11 is 0. The van der Waals surface area contributed by atoms with Gasteiger partial charge in [0.1, 0.15) is 0 Å². The Balaban J connectivity index is 3.66. The summed E-state index contributed by atoms with van der Waals surface area (Å²) in [7, 11) is 1.80. The third-order valence-electron chi connectivity index (χ3n) is 0.788. The van der Waals surface area contributed by atoms with Crippen LogP contribution in [0.25, 0.3) is 0 Å². The van der Waals surface area contributed by atoms with Gasteiger partial charge in [-0.3, -0.25) is 4.99 Å². The van der Waals surface area contributed by atoms with Gasteiger partial charge in [-0.2, -0.15) is 0 Å². The number of hydrogen-bond acceptors (Lipinski definition) is 3. The van der Waals surface area contributed by atoms with E-state index in [1.807, 2.05) is 0 Å². The van der Waals surface area contributed by atoms with E-state index in [-0.39, 0.29) is 0 Å². The molecule has 0 aliphatic carbocycles. The molecule has 0 radical (unpaired) electrons. The van der Waals surface area contributed by atoms with Gasteiger partial charge in [0.2, 0.25) is 0 Å². The molecule has 0 amide bonds. The lowest BCUT2D eigenvalue weighted by Gasteiger charge is -1.97. The van der Waals surface area contributed by atoms with E-state index in [4.69, 9.17) is 5.73 Å². The highest BCUT2D eigenvalue weighted by molar-refractivity contribution is 5.26. The lowest BCUT2D eigenvalue weighted by Crippen LogP contribution is -2.15. The van der Waals surface area contributed by atoms with Crippen LogP contribution in [-0.4, -0.2) is 20.3 Å². The average molecular weight is 113 g/mol. The number of nitrogens with zero attached hydrogens (tertiary/aromatic N) is 1. The minimum atomic E-state index is 0.482. The molecule has 3 heteroatoms. The Morgan fingerprint density at radius 2 is 2.62 bits per heavy atom. The Labute approximate surface area is 49.3 Å². The van der Waals surface area contributed by atoms with Gasteiger partial charge in [-0.25, -0.2) is 0 Å². The SMILES string of the molecule is C=N/C=C(/CN)NC. The minimum absolute atomic E-state index is 0.482. The van der Waals surface area contributed by atoms with Gasteiger partial charge in [0.05, 0.1) is 0 Å². The van der Waals surface area contributed by atoms with E-state index >= 15 is 0 Å². The first kappa shape index (κ1) is 7.17. The first-order chi connectivity index (χ1) is 3.85. The Bertz CT molecular complexity index is 89.8. The van der Waals surface area contributed by atoms with Crippen LogP contribution >= 0.6 is 0 Å². The molecule has 0 fully saturated rings. The minimum Gasteiger partial charge on any atom is -0.389 e. The molecule has 0 aromatic heterocycles. The molecule has 0 aliphatic heterocycles. The molecule has 0 saturated carbocycles. The van der Waals surface area contributed by atoms with Gasteiger partial charge < -0.3 is 11.1 Å². The van der Waals surface area contributed by atoms with Crippen molar-refractivity contribution in [2.24, 2.45) is 10.7 Å². The Hall–Kier alpha value is -0.830. The fourth-order valence-electron chi connectivity index (χ4n) is 0.330. The van der Waals surface area contributed by atoms with E-state index in [1.165, 1.54) is 0 Å². The predicted molar refractivity (Wildman–Crippen MR) is 35.7 cm³/mol. The molecular weight excluding hydrogens is 102 g/mol. The van der Waals surface area contributed by atoms with Crippen molar-refractivity contribution in [3.63, 3.8) is 0 Å². The monoisotopic (exact) mass is 113 g/mol. The molecule has 8 heavy (non-hydrogen) atoms. The summed E-state index contributed by atoms with van der Waals surface area (Å²) in [5, 5.41) is 2.86. The molecule has 0 bridgehead atoms. The van der Waals surface area contributed by atoms with Crippen LogP contribution in [0, 0.1) is 0 Å². The number of likely N-dealkylation sites (N-methyl/N-ethyl adjacent to an activating group) is 1. The number of nitrogens with one attached hydrogen (secondary N) is 1. The quantitative estimate of drug-likeness (QED) is 0.494. The van der Waals surface area contributed by atoms with Gasteiger partial charge in [-0.05, 0) is 6.72 Å². The summed E-state index contributed by atoms with van der Waals surface area (Å²) in [5.41, 5.74) is 6.14. The zero-order chi connectivity index (χ0) is 6.41. The van der Waals surface area contributed by atoms with E-state index in [2.05, 4.69) is 17.0 Å². The van der Waals surface area contributed by atoms with Gasteiger partial charge >= 0.3 is 0 Å². The van der Waals surface area contributed by atoms with Gasteiger partial charge in [-0.1, -0.05) is 0 Å². The molecule has 3 N–H and O–H groups in total. The Kier molecular flexibility index (Phi) is 3.88. The smallest absolute Gasteiger partial charge is 0.0463 e. The van der Waals surface area contributed by atoms with E-state index in [9.17, 15) is 0 Å². The number of hydrogen-bond donors (Lipinski definition) is 2. The summed E-state index contributed by atoms with van der Waals surface area (Å²) in [5.74, 6) is 0. The van der Waals surface area contributed by atoms with E-state index in [1.54, 1.807) is 13.2 Å². The third-order valence-corrected chi connectivity index (χ3v) is 0.788. The van der Waals surface area contributed by atoms with Crippen molar-refractivity contribution in [3.05, 3.63) is 11.9 Å². The molecule has 0 aromatic rings. The largest absolute Gasteiger partial charge is 0.389 e. The van der Waals surface area contributed by atoms with Crippen molar-refractivity contribution in [1.29, 1.82) is 0 Å². The van der Waals surface area contributed by atoms with Crippen LogP contribution in [-0.2, 0) is 0 Å². The maximum atomic E-state index is 5.25. The Morgan fingerprint density at radius 1 is 2.00 bits per heavy atom. The average Bonchev–Trinajstić information content (AvgIpc) is 1.83. The van der Waals surface area contributed by atoms with E-state index in [0.717, 1.165) is 5.70 Å². The Morgan fingerprint density at radius 3 is 2.75 bits per heavy atom. The van der Waals surface area contributed by atoms with Crippen molar-refractivity contribution >= 4 is 6.72 Å². The number of aliphatic imine (C=N–C) groups is 1. The van der Waals surface area contributed by atoms with Crippen LogP contribution in [0.15, 0.2) is 16.9 Å². The lowest BCUT2D eigenvalue weighted by atomic mass is 10.5.